The first kappa shape index (κ1) is 13.9. The molecule has 2 rings (SSSR count). The molecule has 0 heterocycles. The second kappa shape index (κ2) is 6.09. The van der Waals surface area contributed by atoms with Gasteiger partial charge < -0.3 is 10.5 Å². The topological polar surface area (TPSA) is 35.2 Å². The Bertz CT molecular complexity index is 568. The highest BCUT2D eigenvalue weighted by Gasteiger charge is 2.12. The summed E-state index contributed by atoms with van der Waals surface area (Å²) in [6.07, 6.45) is -0.138. The summed E-state index contributed by atoms with van der Waals surface area (Å²) < 4.78 is 5.96. The smallest absolute Gasteiger partial charge is 0.136 e. The minimum Gasteiger partial charge on any atom is -0.484 e. The highest BCUT2D eigenvalue weighted by Crippen LogP contribution is 2.26. The van der Waals surface area contributed by atoms with Crippen LogP contribution in [-0.4, -0.2) is 6.54 Å². The van der Waals surface area contributed by atoms with E-state index in [-0.39, 0.29) is 6.10 Å². The molecule has 0 saturated carbocycles. The van der Waals surface area contributed by atoms with Crippen molar-refractivity contribution in [1.29, 1.82) is 0 Å². The van der Waals surface area contributed by atoms with Gasteiger partial charge in [-0.15, -0.1) is 0 Å². The van der Waals surface area contributed by atoms with Crippen molar-refractivity contribution in [2.75, 3.05) is 6.54 Å². The van der Waals surface area contributed by atoms with Gasteiger partial charge in [0.1, 0.15) is 11.9 Å². The van der Waals surface area contributed by atoms with Crippen LogP contribution < -0.4 is 10.5 Å². The number of hydrogen-bond donors (Lipinski definition) is 1. The Balaban J connectivity index is 2.21. The van der Waals surface area contributed by atoms with E-state index >= 15 is 0 Å². The summed E-state index contributed by atoms with van der Waals surface area (Å²) in [5.74, 6) is 0.791. The van der Waals surface area contributed by atoms with Crippen molar-refractivity contribution < 1.29 is 4.74 Å². The zero-order valence-electron chi connectivity index (χ0n) is 11.2. The summed E-state index contributed by atoms with van der Waals surface area (Å²) in [5, 5.41) is 0.743. The fourth-order valence-corrected chi connectivity index (χ4v) is 2.09. The van der Waals surface area contributed by atoms with Crippen molar-refractivity contribution in [2.24, 2.45) is 5.73 Å². The molecule has 2 N–H and O–H groups in total. The highest BCUT2D eigenvalue weighted by atomic mass is 35.5. The zero-order valence-corrected chi connectivity index (χ0v) is 11.9. The number of halogens is 1. The van der Waals surface area contributed by atoms with Gasteiger partial charge in [-0.25, -0.2) is 0 Å². The second-order valence-electron chi connectivity index (χ2n) is 4.67. The minimum absolute atomic E-state index is 0.138. The average Bonchev–Trinajstić information content (AvgIpc) is 2.40. The first-order chi connectivity index (χ1) is 9.10. The summed E-state index contributed by atoms with van der Waals surface area (Å²) in [7, 11) is 0. The third kappa shape index (κ3) is 3.49. The molecule has 0 bridgehead atoms. The van der Waals surface area contributed by atoms with Crippen LogP contribution in [0.1, 0.15) is 22.8 Å². The van der Waals surface area contributed by atoms with Gasteiger partial charge in [-0.2, -0.15) is 0 Å². The largest absolute Gasteiger partial charge is 0.484 e. The minimum atomic E-state index is -0.138. The molecule has 0 aliphatic carbocycles. The maximum atomic E-state index is 6.01. The molecule has 0 radical (unpaired) electrons. The molecule has 0 amide bonds. The van der Waals surface area contributed by atoms with E-state index in [0.29, 0.717) is 6.54 Å². The van der Waals surface area contributed by atoms with Crippen LogP contribution in [0.4, 0.5) is 0 Å². The van der Waals surface area contributed by atoms with Gasteiger partial charge in [-0.3, -0.25) is 0 Å². The normalized spacial score (nSPS) is 12.2. The summed E-state index contributed by atoms with van der Waals surface area (Å²) in [6.45, 7) is 4.45. The van der Waals surface area contributed by atoms with Crippen molar-refractivity contribution in [3.63, 3.8) is 0 Å². The van der Waals surface area contributed by atoms with Gasteiger partial charge in [0.25, 0.3) is 0 Å². The first-order valence-electron chi connectivity index (χ1n) is 6.29. The molecule has 0 aliphatic heterocycles. The summed E-state index contributed by atoms with van der Waals surface area (Å²) in [6, 6.07) is 13.9. The Morgan fingerprint density at radius 2 is 1.95 bits per heavy atom. The van der Waals surface area contributed by atoms with Gasteiger partial charge in [0.15, 0.2) is 0 Å². The van der Waals surface area contributed by atoms with Crippen LogP contribution in [0.3, 0.4) is 0 Å². The average molecular weight is 276 g/mol. The summed E-state index contributed by atoms with van der Waals surface area (Å²) >= 11 is 6.01. The Kier molecular flexibility index (Phi) is 4.46. The van der Waals surface area contributed by atoms with Gasteiger partial charge in [0, 0.05) is 11.6 Å². The van der Waals surface area contributed by atoms with Gasteiger partial charge in [0.05, 0.1) is 0 Å². The molecule has 3 heteroatoms. The van der Waals surface area contributed by atoms with Crippen LogP contribution >= 0.6 is 11.6 Å². The molecule has 2 nitrogen and oxygen atoms in total. The zero-order chi connectivity index (χ0) is 13.8. The molecule has 0 aliphatic rings. The SMILES string of the molecule is Cc1cccc(C(CN)Oc2ccc(Cl)c(C)c2)c1. The molecule has 100 valence electrons. The number of nitrogens with two attached hydrogens (primary N) is 1. The van der Waals surface area contributed by atoms with Crippen molar-refractivity contribution in [3.05, 3.63) is 64.2 Å². The lowest BCUT2D eigenvalue weighted by molar-refractivity contribution is 0.214. The molecule has 1 atom stereocenters. The van der Waals surface area contributed by atoms with E-state index in [1.165, 1.54) is 5.56 Å². The van der Waals surface area contributed by atoms with Gasteiger partial charge >= 0.3 is 0 Å². The Hall–Kier alpha value is -1.51. The van der Waals surface area contributed by atoms with Crippen molar-refractivity contribution in [2.45, 2.75) is 20.0 Å². The Morgan fingerprint density at radius 3 is 2.58 bits per heavy atom. The van der Waals surface area contributed by atoms with Crippen molar-refractivity contribution >= 4 is 11.6 Å². The fourth-order valence-electron chi connectivity index (χ4n) is 1.98. The van der Waals surface area contributed by atoms with Gasteiger partial charge in [-0.05, 0) is 43.2 Å². The van der Waals surface area contributed by atoms with E-state index in [4.69, 9.17) is 22.1 Å². The van der Waals surface area contributed by atoms with Gasteiger partial charge in [0.2, 0.25) is 0 Å². The molecule has 2 aromatic carbocycles. The lowest BCUT2D eigenvalue weighted by Crippen LogP contribution is -2.18. The molecule has 1 unspecified atom stereocenters. The second-order valence-corrected chi connectivity index (χ2v) is 5.07. The lowest BCUT2D eigenvalue weighted by Gasteiger charge is -2.18. The first-order valence-corrected chi connectivity index (χ1v) is 6.67. The number of benzene rings is 2. The van der Waals surface area contributed by atoms with Crippen LogP contribution in [0.2, 0.25) is 5.02 Å². The monoisotopic (exact) mass is 275 g/mol. The number of rotatable bonds is 4. The number of hydrogen-bond acceptors (Lipinski definition) is 2. The number of aryl methyl sites for hydroxylation is 2. The molecule has 19 heavy (non-hydrogen) atoms. The quantitative estimate of drug-likeness (QED) is 0.914. The molecule has 0 saturated heterocycles. The van der Waals surface area contributed by atoms with Crippen LogP contribution in [-0.2, 0) is 0 Å². The fraction of sp³-hybridized carbons (Fsp3) is 0.250. The lowest BCUT2D eigenvalue weighted by atomic mass is 10.1. The molecule has 2 aromatic rings. The van der Waals surface area contributed by atoms with Crippen LogP contribution in [0.15, 0.2) is 42.5 Å². The van der Waals surface area contributed by atoms with Crippen LogP contribution in [0.25, 0.3) is 0 Å². The Labute approximate surface area is 119 Å². The maximum Gasteiger partial charge on any atom is 0.136 e. The maximum absolute atomic E-state index is 6.01. The molecule has 0 spiro atoms. The molecular formula is C16H18ClNO. The van der Waals surface area contributed by atoms with E-state index < -0.39 is 0 Å². The molecule has 0 aromatic heterocycles. The van der Waals surface area contributed by atoms with Crippen LogP contribution in [0, 0.1) is 13.8 Å². The summed E-state index contributed by atoms with van der Waals surface area (Å²) in [4.78, 5) is 0. The molecular weight excluding hydrogens is 258 g/mol. The third-order valence-corrected chi connectivity index (χ3v) is 3.46. The standard InChI is InChI=1S/C16H18ClNO/c1-11-4-3-5-13(8-11)16(10-18)19-14-6-7-15(17)12(2)9-14/h3-9,16H,10,18H2,1-2H3. The van der Waals surface area contributed by atoms with Crippen molar-refractivity contribution in [1.82, 2.24) is 0 Å². The Morgan fingerprint density at radius 1 is 1.16 bits per heavy atom. The third-order valence-electron chi connectivity index (χ3n) is 3.04. The van der Waals surface area contributed by atoms with Crippen molar-refractivity contribution in [3.8, 4) is 5.75 Å². The predicted molar refractivity (Wildman–Crippen MR) is 79.8 cm³/mol. The van der Waals surface area contributed by atoms with E-state index in [9.17, 15) is 0 Å². The van der Waals surface area contributed by atoms with Crippen LogP contribution in [0.5, 0.6) is 5.75 Å². The highest BCUT2D eigenvalue weighted by molar-refractivity contribution is 6.31. The summed E-state index contributed by atoms with van der Waals surface area (Å²) in [5.41, 5.74) is 9.11. The van der Waals surface area contributed by atoms with Gasteiger partial charge in [-0.1, -0.05) is 41.4 Å². The van der Waals surface area contributed by atoms with E-state index in [1.807, 2.05) is 37.3 Å². The van der Waals surface area contributed by atoms with E-state index in [2.05, 4.69) is 19.1 Å². The van der Waals surface area contributed by atoms with E-state index in [0.717, 1.165) is 21.9 Å². The predicted octanol–water partition coefficient (Wildman–Crippen LogP) is 4.04. The van der Waals surface area contributed by atoms with E-state index in [1.54, 1.807) is 0 Å². The number of ether oxygens (including phenoxy) is 1. The molecule has 0 fully saturated rings.